The predicted octanol–water partition coefficient (Wildman–Crippen LogP) is 5.07. The summed E-state index contributed by atoms with van der Waals surface area (Å²) in [6.07, 6.45) is 0. The van der Waals surface area contributed by atoms with Crippen LogP contribution in [-0.2, 0) is 10.8 Å². The van der Waals surface area contributed by atoms with Gasteiger partial charge in [-0.25, -0.2) is 0 Å². The van der Waals surface area contributed by atoms with E-state index in [0.29, 0.717) is 44.1 Å². The number of nitrogens with zero attached hydrogens (tertiary/aromatic N) is 1. The number of aromatic nitrogens is 1. The van der Waals surface area contributed by atoms with Crippen molar-refractivity contribution in [2.75, 3.05) is 0 Å². The summed E-state index contributed by atoms with van der Waals surface area (Å²) in [5, 5.41) is 25.4. The van der Waals surface area contributed by atoms with Gasteiger partial charge in [-0.2, -0.15) is 0 Å². The lowest BCUT2D eigenvalue weighted by Gasteiger charge is -2.27. The van der Waals surface area contributed by atoms with E-state index in [1.54, 1.807) is 0 Å². The molecule has 0 fully saturated rings. The van der Waals surface area contributed by atoms with Crippen LogP contribution in [0.4, 0.5) is 0 Å². The maximum atomic E-state index is 11.3. The van der Waals surface area contributed by atoms with Crippen LogP contribution in [0.2, 0.25) is 0 Å². The second-order valence-corrected chi connectivity index (χ2v) is 12.4. The molecule has 6 rings (SSSR count). The van der Waals surface area contributed by atoms with Crippen molar-refractivity contribution in [3.05, 3.63) is 59.7 Å². The first-order valence-electron chi connectivity index (χ1n) is 13.0. The van der Waals surface area contributed by atoms with Gasteiger partial charge in [0.2, 0.25) is 0 Å². The number of aromatic hydroxyl groups is 2. The number of benzene rings is 4. The number of furan rings is 1. The Kier molecular flexibility index (Phi) is 5.33. The average molecular weight is 507 g/mol. The Morgan fingerprint density at radius 2 is 1.10 bits per heavy atom. The van der Waals surface area contributed by atoms with Gasteiger partial charge in [-0.1, -0.05) is 88.9 Å². The summed E-state index contributed by atoms with van der Waals surface area (Å²) in [4.78, 5) is 0. The molecular formula is C32H28B3NO3. The van der Waals surface area contributed by atoms with E-state index in [0.717, 1.165) is 27.4 Å². The molecule has 0 atom stereocenters. The van der Waals surface area contributed by atoms with Crippen LogP contribution < -0.4 is 16.4 Å². The Balaban J connectivity index is 1.93. The summed E-state index contributed by atoms with van der Waals surface area (Å²) in [6, 6.07) is 16.3. The molecular weight excluding hydrogens is 479 g/mol. The normalized spacial score (nSPS) is 12.9. The molecule has 6 aromatic rings. The van der Waals surface area contributed by atoms with Gasteiger partial charge in [0.25, 0.3) is 0 Å². The van der Waals surface area contributed by atoms with Crippen LogP contribution in [0.25, 0.3) is 49.4 Å². The second-order valence-electron chi connectivity index (χ2n) is 12.4. The largest absolute Gasteiger partial charge is 0.508 e. The van der Waals surface area contributed by atoms with Crippen molar-refractivity contribution >= 4 is 83.7 Å². The van der Waals surface area contributed by atoms with E-state index in [-0.39, 0.29) is 17.0 Å². The van der Waals surface area contributed by atoms with Crippen molar-refractivity contribution in [1.82, 2.24) is 4.57 Å². The van der Waals surface area contributed by atoms with Crippen molar-refractivity contribution in [1.29, 1.82) is 0 Å². The van der Waals surface area contributed by atoms with E-state index in [4.69, 9.17) is 28.0 Å². The molecule has 0 saturated heterocycles. The van der Waals surface area contributed by atoms with Crippen LogP contribution in [0.15, 0.2) is 52.9 Å². The molecule has 0 amide bonds. The smallest absolute Gasteiger partial charge is 0.146 e. The summed E-state index contributed by atoms with van der Waals surface area (Å²) in [5.41, 5.74) is 4.36. The molecule has 188 valence electrons. The minimum Gasteiger partial charge on any atom is -0.508 e. The lowest BCUT2D eigenvalue weighted by Crippen LogP contribution is -2.33. The zero-order chi connectivity index (χ0) is 28.2. The molecule has 0 aliphatic rings. The molecule has 2 heterocycles. The van der Waals surface area contributed by atoms with Gasteiger partial charge in [-0.3, -0.25) is 0 Å². The van der Waals surface area contributed by atoms with Crippen LogP contribution >= 0.6 is 0 Å². The maximum Gasteiger partial charge on any atom is 0.146 e. The minimum absolute atomic E-state index is 0.109. The van der Waals surface area contributed by atoms with Crippen LogP contribution in [0.3, 0.4) is 0 Å². The number of hydrogen-bond acceptors (Lipinski definition) is 3. The Morgan fingerprint density at radius 3 is 1.62 bits per heavy atom. The number of fused-ring (bicyclic) bond motifs is 6. The molecule has 2 N–H and O–H groups in total. The number of hydrogen-bond donors (Lipinski definition) is 2. The molecule has 0 aliphatic carbocycles. The first-order chi connectivity index (χ1) is 18.2. The lowest BCUT2D eigenvalue weighted by atomic mass is 9.71. The van der Waals surface area contributed by atoms with Crippen LogP contribution in [0.1, 0.15) is 52.7 Å². The highest BCUT2D eigenvalue weighted by Gasteiger charge is 2.33. The van der Waals surface area contributed by atoms with Crippen molar-refractivity contribution in [3.63, 3.8) is 0 Å². The fraction of sp³-hybridized carbons (Fsp3) is 0.250. The Labute approximate surface area is 231 Å². The molecule has 0 aliphatic heterocycles. The average Bonchev–Trinajstić information content (AvgIpc) is 3.38. The van der Waals surface area contributed by atoms with Crippen molar-refractivity contribution in [3.8, 4) is 17.2 Å². The Bertz CT molecular complexity index is 1930. The van der Waals surface area contributed by atoms with Gasteiger partial charge in [0, 0.05) is 27.4 Å². The van der Waals surface area contributed by atoms with Crippen LogP contribution in [0, 0.1) is 0 Å². The molecule has 4 nitrogen and oxygen atoms in total. The molecule has 0 bridgehead atoms. The molecule has 0 spiro atoms. The highest BCUT2D eigenvalue weighted by molar-refractivity contribution is 6.51. The fourth-order valence-electron chi connectivity index (χ4n) is 6.10. The van der Waals surface area contributed by atoms with E-state index in [9.17, 15) is 10.2 Å². The number of para-hydroxylation sites is 2. The quantitative estimate of drug-likeness (QED) is 0.306. The van der Waals surface area contributed by atoms with Gasteiger partial charge in [-0.05, 0) is 34.0 Å². The second kappa shape index (κ2) is 8.14. The fourth-order valence-corrected chi connectivity index (χ4v) is 6.10. The van der Waals surface area contributed by atoms with Crippen molar-refractivity contribution in [2.45, 2.75) is 52.4 Å². The van der Waals surface area contributed by atoms with E-state index in [1.807, 2.05) is 57.2 Å². The van der Waals surface area contributed by atoms with E-state index >= 15 is 0 Å². The molecule has 7 heteroatoms. The van der Waals surface area contributed by atoms with Gasteiger partial charge < -0.3 is 19.2 Å². The summed E-state index contributed by atoms with van der Waals surface area (Å²) in [5.74, 6) is -0.461. The Morgan fingerprint density at radius 1 is 0.615 bits per heavy atom. The Hall–Kier alpha value is -3.73. The molecule has 4 aromatic carbocycles. The zero-order valence-corrected chi connectivity index (χ0v) is 23.1. The molecule has 6 radical (unpaired) electrons. The van der Waals surface area contributed by atoms with E-state index in [2.05, 4.69) is 37.5 Å². The SMILES string of the molecule is [B]c1c(-n2c3ccccc3c3ccccc32)c([B])c2c(oc3c(C(C)(C)C)c(O)c([B])c(O)c32)c1C(C)(C)C. The van der Waals surface area contributed by atoms with Crippen LogP contribution in [-0.4, -0.2) is 38.3 Å². The third-order valence-electron chi connectivity index (χ3n) is 7.70. The van der Waals surface area contributed by atoms with Gasteiger partial charge >= 0.3 is 0 Å². The standard InChI is InChI=1S/C32H28B3NO3/c1-31(2,3)21-24(34)26(36-17-13-9-7-11-15(17)16-12-8-10-14-18(16)36)23(33)19-20-27(37)25(35)28(38)22(32(4,5)6)30(20)39-29(19)21/h7-14,37-38H,1-6H3. The minimum atomic E-state index is -0.546. The van der Waals surface area contributed by atoms with Gasteiger partial charge in [0.15, 0.2) is 0 Å². The van der Waals surface area contributed by atoms with Gasteiger partial charge in [-0.15, -0.1) is 0 Å². The van der Waals surface area contributed by atoms with Crippen molar-refractivity contribution < 1.29 is 14.6 Å². The van der Waals surface area contributed by atoms with Gasteiger partial charge in [0.1, 0.15) is 46.2 Å². The monoisotopic (exact) mass is 507 g/mol. The number of phenolic OH excluding ortho intramolecular Hbond substituents is 2. The first-order valence-corrected chi connectivity index (χ1v) is 13.0. The third-order valence-corrected chi connectivity index (χ3v) is 7.70. The van der Waals surface area contributed by atoms with Gasteiger partial charge in [0.05, 0.1) is 16.4 Å². The molecule has 39 heavy (non-hydrogen) atoms. The third kappa shape index (κ3) is 3.41. The van der Waals surface area contributed by atoms with Crippen molar-refractivity contribution in [2.24, 2.45) is 0 Å². The predicted molar refractivity (Wildman–Crippen MR) is 165 cm³/mol. The highest BCUT2D eigenvalue weighted by Crippen LogP contribution is 2.46. The number of phenols is 2. The van der Waals surface area contributed by atoms with E-state index < -0.39 is 10.8 Å². The summed E-state index contributed by atoms with van der Waals surface area (Å²) < 4.78 is 8.64. The zero-order valence-electron chi connectivity index (χ0n) is 23.1. The number of rotatable bonds is 1. The molecule has 0 saturated carbocycles. The maximum absolute atomic E-state index is 11.3. The summed E-state index contributed by atoms with van der Waals surface area (Å²) >= 11 is 0. The topological polar surface area (TPSA) is 58.5 Å². The first kappa shape index (κ1) is 25.5. The molecule has 0 unspecified atom stereocenters. The van der Waals surface area contributed by atoms with E-state index in [1.165, 1.54) is 0 Å². The summed E-state index contributed by atoms with van der Waals surface area (Å²) in [6.45, 7) is 12.1. The summed E-state index contributed by atoms with van der Waals surface area (Å²) in [7, 11) is 20.4. The van der Waals surface area contributed by atoms with Crippen LogP contribution in [0.5, 0.6) is 11.5 Å². The molecule has 2 aromatic heterocycles. The lowest BCUT2D eigenvalue weighted by molar-refractivity contribution is 0.439. The highest BCUT2D eigenvalue weighted by atomic mass is 16.3.